The number of rotatable bonds is 14. The van der Waals surface area contributed by atoms with Gasteiger partial charge in [-0.1, -0.05) is 35.9 Å². The predicted octanol–water partition coefficient (Wildman–Crippen LogP) is 5.64. The Kier molecular flexibility index (Phi) is 10.7. The van der Waals surface area contributed by atoms with Crippen LogP contribution in [0.3, 0.4) is 0 Å². The summed E-state index contributed by atoms with van der Waals surface area (Å²) >= 11 is 5.88. The number of nitrogens with zero attached hydrogens (tertiary/aromatic N) is 2. The summed E-state index contributed by atoms with van der Waals surface area (Å²) < 4.78 is 44.2. The first-order chi connectivity index (χ1) is 22.8. The summed E-state index contributed by atoms with van der Waals surface area (Å²) in [4.78, 5) is 21.0. The van der Waals surface area contributed by atoms with Gasteiger partial charge in [0.1, 0.15) is 17.4 Å². The smallest absolute Gasteiger partial charge is 0.252 e. The molecule has 1 amide bonds. The highest BCUT2D eigenvalue weighted by Gasteiger charge is 2.41. The number of aromatic nitrogens is 1. The lowest BCUT2D eigenvalue weighted by atomic mass is 9.83. The molecule has 0 spiro atoms. The van der Waals surface area contributed by atoms with Crippen LogP contribution in [-0.2, 0) is 22.5 Å². The van der Waals surface area contributed by atoms with Gasteiger partial charge in [-0.2, -0.15) is 0 Å². The Bertz CT molecular complexity index is 1620. The molecular weight excluding hydrogens is 626 g/mol. The van der Waals surface area contributed by atoms with E-state index < -0.39 is 11.6 Å². The molecule has 11 heteroatoms. The number of carbonyl (C=O) groups excluding carboxylic acids is 1. The molecule has 2 aliphatic heterocycles. The van der Waals surface area contributed by atoms with Crippen LogP contribution in [0, 0.1) is 18.6 Å². The molecular formula is C36H41ClF2N4O4. The van der Waals surface area contributed by atoms with Crippen molar-refractivity contribution in [1.29, 1.82) is 0 Å². The molecule has 8 nitrogen and oxygen atoms in total. The van der Waals surface area contributed by atoms with Gasteiger partial charge in [0.25, 0.3) is 5.91 Å². The summed E-state index contributed by atoms with van der Waals surface area (Å²) in [6.45, 7) is 5.11. The van der Waals surface area contributed by atoms with Gasteiger partial charge in [0.05, 0.1) is 19.3 Å². The molecule has 3 heterocycles. The second kappa shape index (κ2) is 15.1. The second-order valence-corrected chi connectivity index (χ2v) is 12.8. The molecule has 1 saturated carbocycles. The van der Waals surface area contributed by atoms with Crippen molar-refractivity contribution < 1.29 is 27.8 Å². The number of hydrogen-bond acceptors (Lipinski definition) is 7. The van der Waals surface area contributed by atoms with Gasteiger partial charge in [-0.25, -0.2) is 13.8 Å². The highest BCUT2D eigenvalue weighted by molar-refractivity contribution is 6.32. The van der Waals surface area contributed by atoms with E-state index in [1.807, 2.05) is 17.9 Å². The fourth-order valence-electron chi connectivity index (χ4n) is 6.39. The van der Waals surface area contributed by atoms with E-state index in [4.69, 9.17) is 25.8 Å². The van der Waals surface area contributed by atoms with Crippen LogP contribution in [0.4, 0.5) is 8.78 Å². The number of amides is 1. The normalized spacial score (nSPS) is 19.1. The average molecular weight is 667 g/mol. The van der Waals surface area contributed by atoms with Gasteiger partial charge in [-0.15, -0.1) is 0 Å². The van der Waals surface area contributed by atoms with Crippen LogP contribution in [0.2, 0.25) is 5.02 Å². The van der Waals surface area contributed by atoms with Crippen LogP contribution in [-0.4, -0.2) is 73.9 Å². The predicted molar refractivity (Wildman–Crippen MR) is 177 cm³/mol. The number of halogens is 3. The highest BCUT2D eigenvalue weighted by Crippen LogP contribution is 2.37. The molecule has 1 aliphatic carbocycles. The third-order valence-corrected chi connectivity index (χ3v) is 9.43. The van der Waals surface area contributed by atoms with E-state index >= 15 is 0 Å². The van der Waals surface area contributed by atoms with Crippen molar-refractivity contribution in [1.82, 2.24) is 20.5 Å². The van der Waals surface area contributed by atoms with E-state index in [-0.39, 0.29) is 41.4 Å². The zero-order chi connectivity index (χ0) is 32.9. The standard InChI is InChI=1S/C36H41ClF2N4O4/c1-22-25(13-14-41-35(22)47-17-16-45-2)21-43(27-9-10-27)36(44)32-28(18-26-19-40-20-31(32)42-26)24-7-5-23(6-8-24)4-3-15-46-34-30(39)12-11-29(38)33(34)37/h5-8,11-14,26-27,31,40,42H,3-4,9-10,15-21H2,1-2H3/t26-,31-/m0/s1. The van der Waals surface area contributed by atoms with E-state index in [0.29, 0.717) is 45.0 Å². The lowest BCUT2D eigenvalue weighted by molar-refractivity contribution is -0.128. The molecule has 2 fully saturated rings. The minimum absolute atomic E-state index is 0.0738. The van der Waals surface area contributed by atoms with Gasteiger partial charge in [0.2, 0.25) is 5.88 Å². The minimum atomic E-state index is -0.714. The molecule has 47 heavy (non-hydrogen) atoms. The topological polar surface area (TPSA) is 85.0 Å². The number of ether oxygens (including phenoxy) is 3. The molecule has 3 aromatic rings. The summed E-state index contributed by atoms with van der Waals surface area (Å²) in [5, 5.41) is 6.86. The summed E-state index contributed by atoms with van der Waals surface area (Å²) in [6.07, 6.45) is 5.76. The van der Waals surface area contributed by atoms with E-state index in [2.05, 4.69) is 39.9 Å². The van der Waals surface area contributed by atoms with Crippen molar-refractivity contribution in [3.05, 3.63) is 93.1 Å². The summed E-state index contributed by atoms with van der Waals surface area (Å²) in [7, 11) is 1.64. The van der Waals surface area contributed by atoms with Crippen molar-refractivity contribution in [3.63, 3.8) is 0 Å². The first-order valence-corrected chi connectivity index (χ1v) is 16.6. The third kappa shape index (κ3) is 7.78. The molecule has 6 rings (SSSR count). The summed E-state index contributed by atoms with van der Waals surface area (Å²) in [5.74, 6) is -1.02. The SMILES string of the molecule is COCCOc1nccc(CN(C(=O)C2=C(c3ccc(CCCOc4c(F)ccc(F)c4Cl)cc3)C[C@H]3CNC[C@@H]2N3)C2CC2)c1C. The number of methoxy groups -OCH3 is 1. The van der Waals surface area contributed by atoms with E-state index in [1.165, 1.54) is 0 Å². The number of hydrogen-bond donors (Lipinski definition) is 2. The molecule has 1 aromatic heterocycles. The average Bonchev–Trinajstić information content (AvgIpc) is 3.92. The van der Waals surface area contributed by atoms with E-state index in [0.717, 1.165) is 71.3 Å². The zero-order valence-corrected chi connectivity index (χ0v) is 27.5. The van der Waals surface area contributed by atoms with Gasteiger partial charge in [-0.3, -0.25) is 4.79 Å². The molecule has 3 aliphatic rings. The van der Waals surface area contributed by atoms with Gasteiger partial charge < -0.3 is 29.7 Å². The lowest BCUT2D eigenvalue weighted by Crippen LogP contribution is -2.60. The maximum absolute atomic E-state index is 14.6. The van der Waals surface area contributed by atoms with Crippen LogP contribution < -0.4 is 20.1 Å². The number of carbonyl (C=O) groups is 1. The fourth-order valence-corrected chi connectivity index (χ4v) is 6.59. The van der Waals surface area contributed by atoms with Gasteiger partial charge >= 0.3 is 0 Å². The Morgan fingerprint density at radius 2 is 1.81 bits per heavy atom. The largest absolute Gasteiger partial charge is 0.489 e. The molecule has 2 atom stereocenters. The molecule has 2 aromatic carbocycles. The van der Waals surface area contributed by atoms with E-state index in [1.54, 1.807) is 13.3 Å². The number of benzene rings is 2. The molecule has 0 radical (unpaired) electrons. The first kappa shape index (κ1) is 33.3. The molecule has 2 N–H and O–H groups in total. The quantitative estimate of drug-likeness (QED) is 0.170. The Balaban J connectivity index is 1.19. The second-order valence-electron chi connectivity index (χ2n) is 12.4. The van der Waals surface area contributed by atoms with Crippen molar-refractivity contribution in [3.8, 4) is 11.6 Å². The zero-order valence-electron chi connectivity index (χ0n) is 26.8. The van der Waals surface area contributed by atoms with Crippen LogP contribution in [0.5, 0.6) is 11.6 Å². The first-order valence-electron chi connectivity index (χ1n) is 16.3. The Morgan fingerprint density at radius 3 is 2.57 bits per heavy atom. The molecule has 0 unspecified atom stereocenters. The van der Waals surface area contributed by atoms with Gasteiger partial charge in [0.15, 0.2) is 11.6 Å². The Hall–Kier alpha value is -3.57. The summed E-state index contributed by atoms with van der Waals surface area (Å²) in [5.41, 5.74) is 6.01. The number of nitrogens with one attached hydrogen (secondary N) is 2. The monoisotopic (exact) mass is 666 g/mol. The number of fused-ring (bicyclic) bond motifs is 2. The van der Waals surface area contributed by atoms with Gasteiger partial charge in [-0.05, 0) is 79.5 Å². The summed E-state index contributed by atoms with van der Waals surface area (Å²) in [6, 6.07) is 12.7. The van der Waals surface area contributed by atoms with Crippen LogP contribution >= 0.6 is 11.6 Å². The number of pyridine rings is 1. The molecule has 250 valence electrons. The number of piperazine rings is 1. The fraction of sp³-hybridized carbons (Fsp3) is 0.444. The lowest BCUT2D eigenvalue weighted by Gasteiger charge is -2.41. The number of aryl methyl sites for hydroxylation is 1. The molecule has 1 saturated heterocycles. The van der Waals surface area contributed by atoms with Crippen molar-refractivity contribution in [2.24, 2.45) is 0 Å². The Morgan fingerprint density at radius 1 is 1.02 bits per heavy atom. The minimum Gasteiger partial charge on any atom is -0.489 e. The van der Waals surface area contributed by atoms with Crippen LogP contribution in [0.1, 0.15) is 47.9 Å². The highest BCUT2D eigenvalue weighted by atomic mass is 35.5. The van der Waals surface area contributed by atoms with Crippen molar-refractivity contribution in [2.75, 3.05) is 40.0 Å². The van der Waals surface area contributed by atoms with E-state index in [9.17, 15) is 13.6 Å². The van der Waals surface area contributed by atoms with Crippen LogP contribution in [0.15, 0.2) is 54.2 Å². The maximum Gasteiger partial charge on any atom is 0.252 e. The molecule has 2 bridgehead atoms. The van der Waals surface area contributed by atoms with Crippen molar-refractivity contribution >= 4 is 23.1 Å². The van der Waals surface area contributed by atoms with Crippen LogP contribution in [0.25, 0.3) is 5.57 Å². The Labute approximate surface area is 279 Å². The third-order valence-electron chi connectivity index (χ3n) is 9.08. The van der Waals surface area contributed by atoms with Gasteiger partial charge in [0, 0.05) is 56.2 Å². The maximum atomic E-state index is 14.6. The van der Waals surface area contributed by atoms with Crippen molar-refractivity contribution in [2.45, 2.75) is 63.7 Å².